The molecule has 1 saturated heterocycles. The van der Waals surface area contributed by atoms with E-state index in [1.807, 2.05) is 4.90 Å². The van der Waals surface area contributed by atoms with E-state index in [1.165, 1.54) is 0 Å². The van der Waals surface area contributed by atoms with Gasteiger partial charge >= 0.3 is 0 Å². The summed E-state index contributed by atoms with van der Waals surface area (Å²) in [7, 11) is 0. The van der Waals surface area contributed by atoms with Crippen molar-refractivity contribution in [1.82, 2.24) is 19.9 Å². The molecule has 0 aliphatic carbocycles. The zero-order chi connectivity index (χ0) is 11.5. The normalized spacial score (nSPS) is 20.1. The van der Waals surface area contributed by atoms with Gasteiger partial charge in [-0.1, -0.05) is 5.21 Å². The third-order valence-corrected chi connectivity index (χ3v) is 2.85. The van der Waals surface area contributed by atoms with E-state index < -0.39 is 0 Å². The molecule has 1 amide bonds. The molecule has 2 heterocycles. The maximum atomic E-state index is 11.1. The van der Waals surface area contributed by atoms with E-state index in [4.69, 9.17) is 0 Å². The molecule has 1 fully saturated rings. The number of hydrogen-bond acceptors (Lipinski definition) is 4. The summed E-state index contributed by atoms with van der Waals surface area (Å²) in [6, 6.07) is 0. The third-order valence-electron chi connectivity index (χ3n) is 2.85. The van der Waals surface area contributed by atoms with Crippen LogP contribution in [0.5, 0.6) is 0 Å². The SMILES string of the molecule is CC(=O)N1CCC(Cn2cc(C=O)nn2)C1. The van der Waals surface area contributed by atoms with Crippen LogP contribution in [-0.2, 0) is 11.3 Å². The molecule has 1 aromatic rings. The largest absolute Gasteiger partial charge is 0.343 e. The number of carbonyl (C=O) groups excluding carboxylic acids is 2. The highest BCUT2D eigenvalue weighted by Gasteiger charge is 2.24. The number of aldehydes is 1. The van der Waals surface area contributed by atoms with Crippen LogP contribution in [0.2, 0.25) is 0 Å². The van der Waals surface area contributed by atoms with Crippen molar-refractivity contribution in [2.45, 2.75) is 19.9 Å². The first kappa shape index (κ1) is 10.8. The molecular formula is C10H14N4O2. The van der Waals surface area contributed by atoms with E-state index >= 15 is 0 Å². The van der Waals surface area contributed by atoms with Gasteiger partial charge in [-0.15, -0.1) is 5.10 Å². The number of amides is 1. The highest BCUT2D eigenvalue weighted by molar-refractivity contribution is 5.73. The highest BCUT2D eigenvalue weighted by Crippen LogP contribution is 2.17. The second-order valence-corrected chi connectivity index (χ2v) is 4.10. The van der Waals surface area contributed by atoms with Gasteiger partial charge in [-0.05, 0) is 12.3 Å². The van der Waals surface area contributed by atoms with Crippen LogP contribution >= 0.6 is 0 Å². The predicted molar refractivity (Wildman–Crippen MR) is 55.8 cm³/mol. The lowest BCUT2D eigenvalue weighted by atomic mass is 10.1. The molecule has 16 heavy (non-hydrogen) atoms. The van der Waals surface area contributed by atoms with E-state index in [9.17, 15) is 9.59 Å². The molecule has 2 rings (SSSR count). The van der Waals surface area contributed by atoms with Gasteiger partial charge in [0.15, 0.2) is 6.29 Å². The second kappa shape index (κ2) is 4.42. The topological polar surface area (TPSA) is 68.1 Å². The third kappa shape index (κ3) is 2.26. The smallest absolute Gasteiger partial charge is 0.219 e. The molecule has 0 spiro atoms. The van der Waals surface area contributed by atoms with Crippen LogP contribution in [0.1, 0.15) is 23.8 Å². The summed E-state index contributed by atoms with van der Waals surface area (Å²) in [6.45, 7) is 3.88. The molecule has 1 aliphatic heterocycles. The van der Waals surface area contributed by atoms with Gasteiger partial charge in [0.2, 0.25) is 5.91 Å². The Morgan fingerprint density at radius 1 is 1.69 bits per heavy atom. The van der Waals surface area contributed by atoms with Gasteiger partial charge < -0.3 is 4.90 Å². The fraction of sp³-hybridized carbons (Fsp3) is 0.600. The molecule has 1 atom stereocenters. The van der Waals surface area contributed by atoms with Crippen molar-refractivity contribution >= 4 is 12.2 Å². The Morgan fingerprint density at radius 2 is 2.50 bits per heavy atom. The van der Waals surface area contributed by atoms with Crippen molar-refractivity contribution in [3.8, 4) is 0 Å². The molecular weight excluding hydrogens is 208 g/mol. The van der Waals surface area contributed by atoms with E-state index in [2.05, 4.69) is 10.3 Å². The summed E-state index contributed by atoms with van der Waals surface area (Å²) in [5.74, 6) is 0.528. The Bertz CT molecular complexity index is 401. The number of hydrogen-bond donors (Lipinski definition) is 0. The Hall–Kier alpha value is -1.72. The van der Waals surface area contributed by atoms with Gasteiger partial charge in [-0.3, -0.25) is 14.3 Å². The van der Waals surface area contributed by atoms with Crippen LogP contribution in [-0.4, -0.2) is 45.2 Å². The fourth-order valence-corrected chi connectivity index (χ4v) is 1.99. The summed E-state index contributed by atoms with van der Waals surface area (Å²) >= 11 is 0. The van der Waals surface area contributed by atoms with Crippen LogP contribution in [0.4, 0.5) is 0 Å². The Kier molecular flexibility index (Phi) is 2.98. The molecule has 0 N–H and O–H groups in total. The molecule has 1 aromatic heterocycles. The zero-order valence-electron chi connectivity index (χ0n) is 9.17. The first-order valence-electron chi connectivity index (χ1n) is 5.30. The molecule has 6 nitrogen and oxygen atoms in total. The van der Waals surface area contributed by atoms with E-state index in [-0.39, 0.29) is 5.91 Å². The zero-order valence-corrected chi connectivity index (χ0v) is 9.17. The Labute approximate surface area is 93.2 Å². The molecule has 1 aliphatic rings. The average Bonchev–Trinajstić information content (AvgIpc) is 2.87. The predicted octanol–water partition coefficient (Wildman–Crippen LogP) is -0.0410. The number of rotatable bonds is 3. The first-order chi connectivity index (χ1) is 7.69. The van der Waals surface area contributed by atoms with E-state index in [0.29, 0.717) is 24.4 Å². The lowest BCUT2D eigenvalue weighted by Crippen LogP contribution is -2.26. The van der Waals surface area contributed by atoms with Crippen LogP contribution in [0.25, 0.3) is 0 Å². The highest BCUT2D eigenvalue weighted by atomic mass is 16.2. The van der Waals surface area contributed by atoms with Crippen LogP contribution in [0.15, 0.2) is 6.20 Å². The Balaban J connectivity index is 1.91. The van der Waals surface area contributed by atoms with Crippen LogP contribution < -0.4 is 0 Å². The van der Waals surface area contributed by atoms with Crippen LogP contribution in [0.3, 0.4) is 0 Å². The van der Waals surface area contributed by atoms with Gasteiger partial charge in [0.05, 0.1) is 6.20 Å². The quantitative estimate of drug-likeness (QED) is 0.673. The van der Waals surface area contributed by atoms with Crippen molar-refractivity contribution in [2.24, 2.45) is 5.92 Å². The van der Waals surface area contributed by atoms with Crippen molar-refractivity contribution in [3.05, 3.63) is 11.9 Å². The van der Waals surface area contributed by atoms with E-state index in [0.717, 1.165) is 19.5 Å². The molecule has 0 radical (unpaired) electrons. The first-order valence-corrected chi connectivity index (χ1v) is 5.30. The lowest BCUT2D eigenvalue weighted by Gasteiger charge is -2.13. The van der Waals surface area contributed by atoms with Crippen molar-refractivity contribution < 1.29 is 9.59 Å². The summed E-state index contributed by atoms with van der Waals surface area (Å²) in [5, 5.41) is 7.55. The summed E-state index contributed by atoms with van der Waals surface area (Å²) < 4.78 is 1.66. The monoisotopic (exact) mass is 222 g/mol. The maximum Gasteiger partial charge on any atom is 0.219 e. The molecule has 86 valence electrons. The number of carbonyl (C=O) groups is 2. The maximum absolute atomic E-state index is 11.1. The fourth-order valence-electron chi connectivity index (χ4n) is 1.99. The van der Waals surface area contributed by atoms with Crippen molar-refractivity contribution in [2.75, 3.05) is 13.1 Å². The second-order valence-electron chi connectivity index (χ2n) is 4.10. The molecule has 0 bridgehead atoms. The van der Waals surface area contributed by atoms with Crippen molar-refractivity contribution in [3.63, 3.8) is 0 Å². The molecule has 6 heteroatoms. The molecule has 1 unspecified atom stereocenters. The minimum absolute atomic E-state index is 0.120. The van der Waals surface area contributed by atoms with Crippen molar-refractivity contribution in [1.29, 1.82) is 0 Å². The Morgan fingerprint density at radius 3 is 3.06 bits per heavy atom. The minimum Gasteiger partial charge on any atom is -0.343 e. The molecule has 0 aromatic carbocycles. The lowest BCUT2D eigenvalue weighted by molar-refractivity contribution is -0.127. The summed E-state index contributed by atoms with van der Waals surface area (Å²) in [6.07, 6.45) is 3.29. The van der Waals surface area contributed by atoms with Gasteiger partial charge in [0, 0.05) is 26.6 Å². The van der Waals surface area contributed by atoms with Gasteiger partial charge in [0.1, 0.15) is 5.69 Å². The number of nitrogens with zero attached hydrogens (tertiary/aromatic N) is 4. The van der Waals surface area contributed by atoms with Gasteiger partial charge in [0.25, 0.3) is 0 Å². The molecule has 0 saturated carbocycles. The summed E-state index contributed by atoms with van der Waals surface area (Å²) in [5.41, 5.74) is 0.349. The summed E-state index contributed by atoms with van der Waals surface area (Å²) in [4.78, 5) is 23.4. The van der Waals surface area contributed by atoms with Gasteiger partial charge in [-0.25, -0.2) is 0 Å². The minimum atomic E-state index is 0.120. The number of likely N-dealkylation sites (tertiary alicyclic amines) is 1. The standard InChI is InChI=1S/C10H14N4O2/c1-8(16)13-3-2-9(4-13)5-14-6-10(7-15)11-12-14/h6-7,9H,2-5H2,1H3. The van der Waals surface area contributed by atoms with E-state index in [1.54, 1.807) is 17.8 Å². The number of aromatic nitrogens is 3. The average molecular weight is 222 g/mol. The van der Waals surface area contributed by atoms with Gasteiger partial charge in [-0.2, -0.15) is 0 Å². The van der Waals surface area contributed by atoms with Crippen LogP contribution in [0, 0.1) is 5.92 Å².